The van der Waals surface area contributed by atoms with E-state index in [1.54, 1.807) is 18.3 Å². The Morgan fingerprint density at radius 1 is 0.978 bits per heavy atom. The van der Waals surface area contributed by atoms with E-state index in [-0.39, 0.29) is 18.0 Å². The number of rotatable bonds is 10. The predicted octanol–water partition coefficient (Wildman–Crippen LogP) is 7.40. The van der Waals surface area contributed by atoms with Crippen molar-refractivity contribution in [3.8, 4) is 11.3 Å². The lowest BCUT2D eigenvalue weighted by Crippen LogP contribution is -2.36. The fourth-order valence-corrected chi connectivity index (χ4v) is 6.15. The van der Waals surface area contributed by atoms with E-state index in [0.29, 0.717) is 60.6 Å². The zero-order chi connectivity index (χ0) is 31.2. The number of ether oxygens (including phenoxy) is 1. The molecule has 1 aromatic heterocycles. The minimum atomic E-state index is -0.263. The summed E-state index contributed by atoms with van der Waals surface area (Å²) < 4.78 is 20.7. The van der Waals surface area contributed by atoms with Crippen molar-refractivity contribution >= 4 is 40.4 Å². The molecule has 2 aliphatic heterocycles. The Morgan fingerprint density at radius 2 is 1.80 bits per heavy atom. The number of hydrogen-bond acceptors (Lipinski definition) is 7. The number of hydrogen-bond donors (Lipinski definition) is 1. The predicted molar refractivity (Wildman–Crippen MR) is 179 cm³/mol. The molecule has 6 rings (SSSR count). The van der Waals surface area contributed by atoms with Crippen LogP contribution in [0.25, 0.3) is 11.3 Å². The number of nitrogens with one attached hydrogen (secondary N) is 1. The summed E-state index contributed by atoms with van der Waals surface area (Å²) in [4.78, 5) is 26.3. The molecule has 0 atom stereocenters. The molecule has 0 unspecified atom stereocenters. The van der Waals surface area contributed by atoms with Crippen molar-refractivity contribution in [2.75, 3.05) is 54.5 Å². The highest BCUT2D eigenvalue weighted by Crippen LogP contribution is 2.31. The van der Waals surface area contributed by atoms with Crippen molar-refractivity contribution in [2.45, 2.75) is 32.1 Å². The SMILES string of the molecule is C=CC(=O)Cc1cc(-c2nc(Nc3cccc(N4CCCCC4)c3)ncc2Cc2ccc(N3CCOCC3)c(F)c2)ccc1Cl. The first-order chi connectivity index (χ1) is 22.0. The third-order valence-corrected chi connectivity index (χ3v) is 8.73. The van der Waals surface area contributed by atoms with Gasteiger partial charge in [0.05, 0.1) is 24.6 Å². The highest BCUT2D eigenvalue weighted by molar-refractivity contribution is 6.31. The Hall–Kier alpha value is -4.27. The fraction of sp³-hybridized carbons (Fsp3) is 0.306. The monoisotopic (exact) mass is 625 g/mol. The van der Waals surface area contributed by atoms with Gasteiger partial charge in [0.1, 0.15) is 5.82 Å². The van der Waals surface area contributed by atoms with Crippen LogP contribution >= 0.6 is 11.6 Å². The first-order valence-electron chi connectivity index (χ1n) is 15.5. The number of morpholine rings is 1. The molecule has 7 nitrogen and oxygen atoms in total. The quantitative estimate of drug-likeness (QED) is 0.184. The lowest BCUT2D eigenvalue weighted by Gasteiger charge is -2.29. The summed E-state index contributed by atoms with van der Waals surface area (Å²) in [5, 5.41) is 3.89. The van der Waals surface area contributed by atoms with Crippen LogP contribution in [0.4, 0.5) is 27.4 Å². The molecular weight excluding hydrogens is 589 g/mol. The highest BCUT2D eigenvalue weighted by Gasteiger charge is 2.18. The van der Waals surface area contributed by atoms with Crippen molar-refractivity contribution < 1.29 is 13.9 Å². The second kappa shape index (κ2) is 14.2. The summed E-state index contributed by atoms with van der Waals surface area (Å²) in [6.45, 7) is 8.21. The average Bonchev–Trinajstić information content (AvgIpc) is 3.07. The molecular formula is C36H37ClFN5O2. The van der Waals surface area contributed by atoms with E-state index >= 15 is 4.39 Å². The molecule has 4 aromatic rings. The molecule has 0 spiro atoms. The van der Waals surface area contributed by atoms with E-state index < -0.39 is 0 Å². The minimum absolute atomic E-state index is 0.122. The van der Waals surface area contributed by atoms with Crippen LogP contribution in [0.1, 0.15) is 36.0 Å². The van der Waals surface area contributed by atoms with E-state index in [9.17, 15) is 4.79 Å². The molecule has 3 aromatic carbocycles. The number of piperidine rings is 1. The van der Waals surface area contributed by atoms with Crippen LogP contribution in [0.15, 0.2) is 79.5 Å². The van der Waals surface area contributed by atoms with E-state index in [2.05, 4.69) is 33.9 Å². The van der Waals surface area contributed by atoms with E-state index in [1.807, 2.05) is 41.3 Å². The van der Waals surface area contributed by atoms with Crippen molar-refractivity contribution in [3.63, 3.8) is 0 Å². The van der Waals surface area contributed by atoms with Gasteiger partial charge >= 0.3 is 0 Å². The Morgan fingerprint density at radius 3 is 2.58 bits per heavy atom. The first-order valence-corrected chi connectivity index (χ1v) is 15.9. The molecule has 2 fully saturated rings. The zero-order valence-corrected chi connectivity index (χ0v) is 26.0. The lowest BCUT2D eigenvalue weighted by atomic mass is 9.98. The van der Waals surface area contributed by atoms with Crippen LogP contribution in [0, 0.1) is 5.82 Å². The van der Waals surface area contributed by atoms with Crippen LogP contribution in [0.3, 0.4) is 0 Å². The van der Waals surface area contributed by atoms with Crippen molar-refractivity contribution in [3.05, 3.63) is 107 Å². The molecule has 9 heteroatoms. The van der Waals surface area contributed by atoms with Gasteiger partial charge in [0.25, 0.3) is 0 Å². The minimum Gasteiger partial charge on any atom is -0.378 e. The summed E-state index contributed by atoms with van der Waals surface area (Å²) in [6.07, 6.45) is 7.32. The number of halogens is 2. The molecule has 0 saturated carbocycles. The molecule has 0 aliphatic carbocycles. The smallest absolute Gasteiger partial charge is 0.227 e. The summed E-state index contributed by atoms with van der Waals surface area (Å²) in [5.74, 6) is 0.0567. The summed E-state index contributed by atoms with van der Waals surface area (Å²) in [6, 6.07) is 19.2. The molecule has 2 saturated heterocycles. The Bertz CT molecular complexity index is 1680. The van der Waals surface area contributed by atoms with Gasteiger partial charge in [-0.25, -0.2) is 14.4 Å². The maximum atomic E-state index is 15.3. The second-order valence-electron chi connectivity index (χ2n) is 11.5. The standard InChI is InChI=1S/C36H37ClFN5O2/c1-2-31(44)22-27-21-26(10-11-32(27)37)35-28(19-25-9-12-34(33(38)20-25)43-15-17-45-18-16-43)24-39-36(41-35)40-29-7-6-8-30(23-29)42-13-4-3-5-14-42/h2,6-12,20-21,23-24H,1,3-5,13-19,22H2,(H,39,40,41). The number of allylic oxidation sites excluding steroid dienone is 1. The molecule has 0 bridgehead atoms. The van der Waals surface area contributed by atoms with Gasteiger partial charge in [-0.2, -0.15) is 0 Å². The maximum Gasteiger partial charge on any atom is 0.227 e. The third kappa shape index (κ3) is 7.52. The number of nitrogens with zero attached hydrogens (tertiary/aromatic N) is 4. The Labute approximate surface area is 268 Å². The molecule has 0 amide bonds. The lowest BCUT2D eigenvalue weighted by molar-refractivity contribution is -0.114. The number of carbonyl (C=O) groups is 1. The number of aromatic nitrogens is 2. The van der Waals surface area contributed by atoms with Gasteiger partial charge in [-0.05, 0) is 78.9 Å². The van der Waals surface area contributed by atoms with Crippen LogP contribution in [0.2, 0.25) is 5.02 Å². The maximum absolute atomic E-state index is 15.3. The summed E-state index contributed by atoms with van der Waals surface area (Å²) >= 11 is 6.48. The van der Waals surface area contributed by atoms with Crippen molar-refractivity contribution in [2.24, 2.45) is 0 Å². The Kier molecular flexibility index (Phi) is 9.72. The topological polar surface area (TPSA) is 70.6 Å². The van der Waals surface area contributed by atoms with Crippen molar-refractivity contribution in [1.82, 2.24) is 9.97 Å². The molecule has 0 radical (unpaired) electrons. The summed E-state index contributed by atoms with van der Waals surface area (Å²) in [5.41, 5.74) is 6.44. The van der Waals surface area contributed by atoms with Gasteiger partial charge in [-0.3, -0.25) is 4.79 Å². The van der Waals surface area contributed by atoms with Gasteiger partial charge in [0.15, 0.2) is 5.78 Å². The zero-order valence-electron chi connectivity index (χ0n) is 25.3. The number of anilines is 4. The number of benzene rings is 3. The van der Waals surface area contributed by atoms with E-state index in [0.717, 1.165) is 35.5 Å². The second-order valence-corrected chi connectivity index (χ2v) is 11.9. The average molecular weight is 626 g/mol. The van der Waals surface area contributed by atoms with Crippen LogP contribution in [-0.4, -0.2) is 55.1 Å². The fourth-order valence-electron chi connectivity index (χ4n) is 5.97. The van der Waals surface area contributed by atoms with E-state index in [1.165, 1.54) is 31.0 Å². The molecule has 2 aliphatic rings. The third-order valence-electron chi connectivity index (χ3n) is 8.36. The summed E-state index contributed by atoms with van der Waals surface area (Å²) in [7, 11) is 0. The first kappa shape index (κ1) is 30.7. The Balaban J connectivity index is 1.32. The van der Waals surface area contributed by atoms with Crippen LogP contribution in [-0.2, 0) is 22.4 Å². The van der Waals surface area contributed by atoms with Crippen LogP contribution in [0.5, 0.6) is 0 Å². The highest BCUT2D eigenvalue weighted by atomic mass is 35.5. The van der Waals surface area contributed by atoms with Crippen LogP contribution < -0.4 is 15.1 Å². The molecule has 3 heterocycles. The van der Waals surface area contributed by atoms with E-state index in [4.69, 9.17) is 21.3 Å². The van der Waals surface area contributed by atoms with Gasteiger partial charge in [-0.1, -0.05) is 36.4 Å². The largest absolute Gasteiger partial charge is 0.378 e. The van der Waals surface area contributed by atoms with Gasteiger partial charge in [0, 0.05) is 72.7 Å². The number of carbonyl (C=O) groups excluding carboxylic acids is 1. The molecule has 45 heavy (non-hydrogen) atoms. The molecule has 232 valence electrons. The van der Waals surface area contributed by atoms with Gasteiger partial charge < -0.3 is 19.9 Å². The van der Waals surface area contributed by atoms with Gasteiger partial charge in [-0.15, -0.1) is 0 Å². The molecule has 1 N–H and O–H groups in total. The normalized spacial score (nSPS) is 15.2. The van der Waals surface area contributed by atoms with Crippen molar-refractivity contribution in [1.29, 1.82) is 0 Å². The van der Waals surface area contributed by atoms with Gasteiger partial charge in [0.2, 0.25) is 5.95 Å². The number of ketones is 1.